The van der Waals surface area contributed by atoms with Crippen molar-refractivity contribution in [3.63, 3.8) is 0 Å². The van der Waals surface area contributed by atoms with Crippen LogP contribution in [0.4, 0.5) is 0 Å². The molecule has 0 fully saturated rings. The molecule has 0 aliphatic heterocycles. The summed E-state index contributed by atoms with van der Waals surface area (Å²) in [6.07, 6.45) is 0.375. The van der Waals surface area contributed by atoms with Crippen LogP contribution in [0.5, 0.6) is 0 Å². The fraction of sp³-hybridized carbons (Fsp3) is 0.333. The van der Waals surface area contributed by atoms with E-state index in [1.54, 1.807) is 11.8 Å². The molecule has 0 aliphatic carbocycles. The third-order valence-corrected chi connectivity index (χ3v) is 3.23. The largest absolute Gasteiger partial charge is 0.352 e. The third-order valence-electron chi connectivity index (χ3n) is 2.03. The highest BCUT2D eigenvalue weighted by atomic mass is 35.5. The van der Waals surface area contributed by atoms with E-state index in [2.05, 4.69) is 5.32 Å². The number of hydrogen-bond donors (Lipinski definition) is 1. The second-order valence-corrected chi connectivity index (χ2v) is 5.10. The Bertz CT molecular complexity index is 392. The lowest BCUT2D eigenvalue weighted by Crippen LogP contribution is -2.18. The predicted octanol–water partition coefficient (Wildman–Crippen LogP) is 2.57. The van der Waals surface area contributed by atoms with Gasteiger partial charge in [0, 0.05) is 30.5 Å². The van der Waals surface area contributed by atoms with Crippen molar-refractivity contribution in [2.24, 2.45) is 0 Å². The lowest BCUT2D eigenvalue weighted by molar-refractivity contribution is -0.119. The van der Waals surface area contributed by atoms with Crippen LogP contribution >= 0.6 is 23.4 Å². The Morgan fingerprint density at radius 2 is 1.94 bits per heavy atom. The van der Waals surface area contributed by atoms with Crippen LogP contribution in [-0.4, -0.2) is 16.9 Å². The molecule has 1 rings (SSSR count). The molecule has 0 spiro atoms. The molecular formula is C12H14ClNO2S. The van der Waals surface area contributed by atoms with Gasteiger partial charge in [-0.25, -0.2) is 0 Å². The Kier molecular flexibility index (Phi) is 6.08. The summed E-state index contributed by atoms with van der Waals surface area (Å²) in [6, 6.07) is 7.86. The van der Waals surface area contributed by atoms with Crippen molar-refractivity contribution in [3.8, 4) is 0 Å². The zero-order valence-corrected chi connectivity index (χ0v) is 11.1. The number of amides is 1. The summed E-state index contributed by atoms with van der Waals surface area (Å²) in [5.74, 6) is 0.650. The standard InChI is InChI=1S/C12H14ClNO2S/c1-9(15)14-8-10-2-4-11(5-3-10)17-7-6-12(13)16/h2-5H,6-8H2,1H3,(H,14,15). The van der Waals surface area contributed by atoms with E-state index in [4.69, 9.17) is 11.6 Å². The molecule has 0 radical (unpaired) electrons. The van der Waals surface area contributed by atoms with Crippen molar-refractivity contribution in [3.05, 3.63) is 29.8 Å². The number of hydrogen-bond acceptors (Lipinski definition) is 3. The van der Waals surface area contributed by atoms with E-state index in [0.29, 0.717) is 18.7 Å². The molecule has 1 aromatic rings. The number of halogens is 1. The highest BCUT2D eigenvalue weighted by Gasteiger charge is 1.99. The molecule has 1 amide bonds. The Balaban J connectivity index is 2.39. The van der Waals surface area contributed by atoms with Crippen molar-refractivity contribution in [2.75, 3.05) is 5.75 Å². The Morgan fingerprint density at radius 3 is 2.47 bits per heavy atom. The summed E-state index contributed by atoms with van der Waals surface area (Å²) in [5, 5.41) is 2.43. The fourth-order valence-electron chi connectivity index (χ4n) is 1.18. The molecule has 17 heavy (non-hydrogen) atoms. The number of carbonyl (C=O) groups excluding carboxylic acids is 2. The summed E-state index contributed by atoms with van der Waals surface area (Å²) >= 11 is 6.84. The fourth-order valence-corrected chi connectivity index (χ4v) is 2.24. The van der Waals surface area contributed by atoms with Gasteiger partial charge in [0.15, 0.2) is 0 Å². The maximum atomic E-state index is 10.7. The minimum atomic E-state index is -0.306. The molecule has 0 heterocycles. The first kappa shape index (κ1) is 14.1. The first-order chi connectivity index (χ1) is 8.08. The van der Waals surface area contributed by atoms with Crippen molar-refractivity contribution in [2.45, 2.75) is 24.8 Å². The summed E-state index contributed by atoms with van der Waals surface area (Å²) < 4.78 is 0. The van der Waals surface area contributed by atoms with Gasteiger partial charge < -0.3 is 5.32 Å². The summed E-state index contributed by atoms with van der Waals surface area (Å²) in [5.41, 5.74) is 1.05. The minimum absolute atomic E-state index is 0.0379. The van der Waals surface area contributed by atoms with Crippen LogP contribution in [0.1, 0.15) is 18.9 Å². The van der Waals surface area contributed by atoms with Crippen molar-refractivity contribution in [1.82, 2.24) is 5.32 Å². The smallest absolute Gasteiger partial charge is 0.222 e. The Hall–Kier alpha value is -1.00. The number of thioether (sulfide) groups is 1. The topological polar surface area (TPSA) is 46.2 Å². The molecule has 0 saturated heterocycles. The van der Waals surface area contributed by atoms with Crippen LogP contribution in [0.2, 0.25) is 0 Å². The monoisotopic (exact) mass is 271 g/mol. The highest BCUT2D eigenvalue weighted by molar-refractivity contribution is 7.99. The molecule has 0 saturated carbocycles. The van der Waals surface area contributed by atoms with Gasteiger partial charge in [-0.3, -0.25) is 9.59 Å². The molecule has 0 aliphatic rings. The van der Waals surface area contributed by atoms with Gasteiger partial charge in [0.05, 0.1) is 0 Å². The van der Waals surface area contributed by atoms with Crippen molar-refractivity contribution in [1.29, 1.82) is 0 Å². The quantitative estimate of drug-likeness (QED) is 0.639. The minimum Gasteiger partial charge on any atom is -0.352 e. The maximum absolute atomic E-state index is 10.7. The van der Waals surface area contributed by atoms with Crippen LogP contribution in [0.15, 0.2) is 29.2 Å². The normalized spacial score (nSPS) is 10.0. The molecule has 1 aromatic carbocycles. The Labute approximate surface area is 110 Å². The number of benzene rings is 1. The van der Waals surface area contributed by atoms with E-state index in [9.17, 15) is 9.59 Å². The third kappa shape index (κ3) is 6.34. The molecule has 0 atom stereocenters. The predicted molar refractivity (Wildman–Crippen MR) is 70.2 cm³/mol. The van der Waals surface area contributed by atoms with Gasteiger partial charge in [-0.1, -0.05) is 12.1 Å². The summed E-state index contributed by atoms with van der Waals surface area (Å²) in [6.45, 7) is 2.04. The molecule has 0 bridgehead atoms. The average molecular weight is 272 g/mol. The van der Waals surface area contributed by atoms with E-state index in [1.807, 2.05) is 24.3 Å². The maximum Gasteiger partial charge on any atom is 0.222 e. The van der Waals surface area contributed by atoms with E-state index < -0.39 is 0 Å². The second kappa shape index (κ2) is 7.35. The first-order valence-corrected chi connectivity index (χ1v) is 6.59. The lowest BCUT2D eigenvalue weighted by atomic mass is 10.2. The van der Waals surface area contributed by atoms with E-state index in [1.165, 1.54) is 6.92 Å². The van der Waals surface area contributed by atoms with Crippen LogP contribution < -0.4 is 5.32 Å². The average Bonchev–Trinajstić information content (AvgIpc) is 2.27. The van der Waals surface area contributed by atoms with Gasteiger partial charge in [0.2, 0.25) is 11.1 Å². The van der Waals surface area contributed by atoms with Gasteiger partial charge in [0.1, 0.15) is 0 Å². The molecule has 1 N–H and O–H groups in total. The van der Waals surface area contributed by atoms with Gasteiger partial charge >= 0.3 is 0 Å². The molecular weight excluding hydrogens is 258 g/mol. The second-order valence-electron chi connectivity index (χ2n) is 3.51. The first-order valence-electron chi connectivity index (χ1n) is 5.22. The van der Waals surface area contributed by atoms with Crippen LogP contribution in [0.25, 0.3) is 0 Å². The van der Waals surface area contributed by atoms with Gasteiger partial charge in [0.25, 0.3) is 0 Å². The van der Waals surface area contributed by atoms with Crippen molar-refractivity contribution >= 4 is 34.5 Å². The van der Waals surface area contributed by atoms with Crippen LogP contribution in [0, 0.1) is 0 Å². The van der Waals surface area contributed by atoms with Crippen LogP contribution in [0.3, 0.4) is 0 Å². The van der Waals surface area contributed by atoms with Gasteiger partial charge in [-0.2, -0.15) is 0 Å². The van der Waals surface area contributed by atoms with E-state index in [0.717, 1.165) is 10.5 Å². The molecule has 92 valence electrons. The Morgan fingerprint density at radius 1 is 1.29 bits per heavy atom. The van der Waals surface area contributed by atoms with E-state index >= 15 is 0 Å². The van der Waals surface area contributed by atoms with Crippen molar-refractivity contribution < 1.29 is 9.59 Å². The lowest BCUT2D eigenvalue weighted by Gasteiger charge is -2.04. The molecule has 3 nitrogen and oxygen atoms in total. The number of nitrogens with one attached hydrogen (secondary N) is 1. The SMILES string of the molecule is CC(=O)NCc1ccc(SCCC(=O)Cl)cc1. The zero-order valence-electron chi connectivity index (χ0n) is 9.53. The van der Waals surface area contributed by atoms with Gasteiger partial charge in [-0.15, -0.1) is 11.8 Å². The van der Waals surface area contributed by atoms with Gasteiger partial charge in [-0.05, 0) is 29.3 Å². The summed E-state index contributed by atoms with van der Waals surface area (Å²) in [4.78, 5) is 22.4. The van der Waals surface area contributed by atoms with E-state index in [-0.39, 0.29) is 11.1 Å². The molecule has 0 aromatic heterocycles. The molecule has 5 heteroatoms. The highest BCUT2D eigenvalue weighted by Crippen LogP contribution is 2.19. The number of carbonyl (C=O) groups is 2. The number of rotatable bonds is 6. The summed E-state index contributed by atoms with van der Waals surface area (Å²) in [7, 11) is 0. The molecule has 0 unspecified atom stereocenters. The van der Waals surface area contributed by atoms with Crippen LogP contribution in [-0.2, 0) is 16.1 Å². The zero-order chi connectivity index (χ0) is 12.7.